The van der Waals surface area contributed by atoms with Gasteiger partial charge in [0.15, 0.2) is 0 Å². The number of unbranched alkanes of at least 4 members (excludes halogenated alkanes) is 1. The number of likely N-dealkylation sites (N-methyl/N-ethyl adjacent to an activating group) is 1. The molecule has 6 heteroatoms. The van der Waals surface area contributed by atoms with Crippen molar-refractivity contribution in [3.8, 4) is 0 Å². The molecule has 0 atom stereocenters. The van der Waals surface area contributed by atoms with Gasteiger partial charge in [-0.1, -0.05) is 52.3 Å². The van der Waals surface area contributed by atoms with Gasteiger partial charge >= 0.3 is 0 Å². The topological polar surface area (TPSA) is 57.7 Å². The first-order valence-electron chi connectivity index (χ1n) is 8.29. The van der Waals surface area contributed by atoms with E-state index < -0.39 is 10.0 Å². The maximum Gasteiger partial charge on any atom is 0.243 e. The van der Waals surface area contributed by atoms with Crippen LogP contribution >= 0.6 is 0 Å². The fourth-order valence-corrected chi connectivity index (χ4v) is 3.33. The molecule has 0 radical (unpaired) electrons. The number of sulfonamides is 1. The molecule has 5 nitrogen and oxygen atoms in total. The Hall–Kier alpha value is -1.56. The molecule has 1 aromatic carbocycles. The number of rotatable bonds is 7. The molecule has 0 saturated carbocycles. The minimum atomic E-state index is -3.56. The number of anilines is 1. The minimum Gasteiger partial charge on any atom is -0.344 e. The van der Waals surface area contributed by atoms with Crippen molar-refractivity contribution >= 4 is 21.6 Å². The smallest absolute Gasteiger partial charge is 0.243 e. The number of nitrogens with zero attached hydrogens (tertiary/aromatic N) is 2. The summed E-state index contributed by atoms with van der Waals surface area (Å²) in [6.45, 7) is 8.60. The highest BCUT2D eigenvalue weighted by Gasteiger charge is 2.28. The fourth-order valence-electron chi connectivity index (χ4n) is 2.47. The van der Waals surface area contributed by atoms with Gasteiger partial charge in [-0.25, -0.2) is 8.42 Å². The van der Waals surface area contributed by atoms with Crippen LogP contribution < -0.4 is 4.31 Å². The summed E-state index contributed by atoms with van der Waals surface area (Å²) in [5.41, 5.74) is 1.25. The van der Waals surface area contributed by atoms with Crippen molar-refractivity contribution in [3.63, 3.8) is 0 Å². The Balaban J connectivity index is 3.20. The van der Waals surface area contributed by atoms with Crippen LogP contribution in [0.4, 0.5) is 5.69 Å². The molecule has 1 amide bonds. The molecule has 0 heterocycles. The van der Waals surface area contributed by atoms with E-state index in [2.05, 4.69) is 6.92 Å². The van der Waals surface area contributed by atoms with Gasteiger partial charge in [-0.2, -0.15) is 0 Å². The van der Waals surface area contributed by atoms with Gasteiger partial charge in [-0.05, 0) is 23.5 Å². The van der Waals surface area contributed by atoms with Crippen LogP contribution in [-0.2, 0) is 20.2 Å². The average molecular weight is 355 g/mol. The number of hydrogen-bond donors (Lipinski definition) is 0. The molecule has 0 spiro atoms. The lowest BCUT2D eigenvalue weighted by Gasteiger charge is -2.30. The van der Waals surface area contributed by atoms with E-state index >= 15 is 0 Å². The van der Waals surface area contributed by atoms with Gasteiger partial charge in [0, 0.05) is 13.6 Å². The van der Waals surface area contributed by atoms with Gasteiger partial charge in [0.2, 0.25) is 15.9 Å². The number of amides is 1. The lowest BCUT2D eigenvalue weighted by molar-refractivity contribution is -0.128. The largest absolute Gasteiger partial charge is 0.344 e. The zero-order chi connectivity index (χ0) is 18.5. The van der Waals surface area contributed by atoms with Gasteiger partial charge in [0.1, 0.15) is 6.54 Å². The molecule has 136 valence electrons. The molecule has 0 aromatic heterocycles. The Bertz CT molecular complexity index is 663. The maximum atomic E-state index is 12.5. The quantitative estimate of drug-likeness (QED) is 0.756. The molecule has 0 bridgehead atoms. The summed E-state index contributed by atoms with van der Waals surface area (Å²) in [6.07, 6.45) is 3.03. The number of carbonyl (C=O) groups is 1. The Morgan fingerprint density at radius 3 is 2.25 bits per heavy atom. The first kappa shape index (κ1) is 20.5. The third-order valence-corrected chi connectivity index (χ3v) is 5.06. The maximum absolute atomic E-state index is 12.5. The third-order valence-electron chi connectivity index (χ3n) is 3.93. The number of carbonyl (C=O) groups excluding carboxylic acids is 1. The second-order valence-corrected chi connectivity index (χ2v) is 9.11. The number of para-hydroxylation sites is 1. The van der Waals surface area contributed by atoms with Crippen LogP contribution in [0.2, 0.25) is 0 Å². The molecule has 0 fully saturated rings. The van der Waals surface area contributed by atoms with Crippen molar-refractivity contribution in [2.45, 2.75) is 46.0 Å². The van der Waals surface area contributed by atoms with E-state index in [4.69, 9.17) is 0 Å². The van der Waals surface area contributed by atoms with Crippen molar-refractivity contribution in [1.82, 2.24) is 4.90 Å². The lowest BCUT2D eigenvalue weighted by atomic mass is 9.86. The molecule has 0 aliphatic heterocycles. The SMILES string of the molecule is CCCCN(C)C(=O)CN(c1ccccc1C(C)(C)C)S(C)(=O)=O. The van der Waals surface area contributed by atoms with E-state index in [0.717, 1.165) is 24.7 Å². The lowest BCUT2D eigenvalue weighted by Crippen LogP contribution is -2.42. The normalized spacial score (nSPS) is 12.1. The van der Waals surface area contributed by atoms with Crippen LogP contribution in [0.1, 0.15) is 46.1 Å². The van der Waals surface area contributed by atoms with Crippen molar-refractivity contribution < 1.29 is 13.2 Å². The summed E-state index contributed by atoms with van der Waals surface area (Å²) in [6, 6.07) is 7.37. The summed E-state index contributed by atoms with van der Waals surface area (Å²) < 4.78 is 25.9. The molecule has 1 aromatic rings. The van der Waals surface area contributed by atoms with Crippen LogP contribution in [0.25, 0.3) is 0 Å². The average Bonchev–Trinajstić information content (AvgIpc) is 2.47. The highest BCUT2D eigenvalue weighted by Crippen LogP contribution is 2.32. The van der Waals surface area contributed by atoms with Crippen LogP contribution in [0.3, 0.4) is 0 Å². The highest BCUT2D eigenvalue weighted by atomic mass is 32.2. The van der Waals surface area contributed by atoms with Crippen LogP contribution in [0.15, 0.2) is 24.3 Å². The molecule has 0 aliphatic rings. The summed E-state index contributed by atoms with van der Waals surface area (Å²) >= 11 is 0. The predicted molar refractivity (Wildman–Crippen MR) is 99.9 cm³/mol. The van der Waals surface area contributed by atoms with Gasteiger partial charge in [-0.15, -0.1) is 0 Å². The monoisotopic (exact) mass is 354 g/mol. The van der Waals surface area contributed by atoms with Gasteiger partial charge in [0.05, 0.1) is 11.9 Å². The van der Waals surface area contributed by atoms with E-state index in [0.29, 0.717) is 12.2 Å². The molecule has 0 saturated heterocycles. The van der Waals surface area contributed by atoms with Crippen LogP contribution in [0.5, 0.6) is 0 Å². The zero-order valence-corrected chi connectivity index (χ0v) is 16.5. The third kappa shape index (κ3) is 5.51. The van der Waals surface area contributed by atoms with Crippen molar-refractivity contribution in [2.24, 2.45) is 0 Å². The molecular weight excluding hydrogens is 324 g/mol. The van der Waals surface area contributed by atoms with E-state index in [1.807, 2.05) is 32.9 Å². The molecule has 0 N–H and O–H groups in total. The highest BCUT2D eigenvalue weighted by molar-refractivity contribution is 7.92. The van der Waals surface area contributed by atoms with Crippen LogP contribution in [0, 0.1) is 0 Å². The fraction of sp³-hybridized carbons (Fsp3) is 0.611. The second kappa shape index (κ2) is 8.01. The minimum absolute atomic E-state index is 0.174. The van der Waals surface area contributed by atoms with Gasteiger partial charge in [-0.3, -0.25) is 9.10 Å². The first-order chi connectivity index (χ1) is 11.0. The second-order valence-electron chi connectivity index (χ2n) is 7.21. The molecule has 0 aliphatic carbocycles. The van der Waals surface area contributed by atoms with Crippen molar-refractivity contribution in [3.05, 3.63) is 29.8 Å². The van der Waals surface area contributed by atoms with E-state index in [9.17, 15) is 13.2 Å². The Morgan fingerprint density at radius 1 is 1.17 bits per heavy atom. The number of hydrogen-bond acceptors (Lipinski definition) is 3. The molecule has 24 heavy (non-hydrogen) atoms. The van der Waals surface area contributed by atoms with Gasteiger partial charge < -0.3 is 4.90 Å². The van der Waals surface area contributed by atoms with Crippen molar-refractivity contribution in [1.29, 1.82) is 0 Å². The summed E-state index contributed by atoms with van der Waals surface area (Å²) in [4.78, 5) is 14.1. The standard InChI is InChI=1S/C18H30N2O3S/c1-7-8-13-19(5)17(21)14-20(24(6,22)23)16-12-10-9-11-15(16)18(2,3)4/h9-12H,7-8,13-14H2,1-6H3. The van der Waals surface area contributed by atoms with Gasteiger partial charge in [0.25, 0.3) is 0 Å². The van der Waals surface area contributed by atoms with E-state index in [-0.39, 0.29) is 17.9 Å². The predicted octanol–water partition coefficient (Wildman–Crippen LogP) is 3.01. The Morgan fingerprint density at radius 2 is 1.75 bits per heavy atom. The summed E-state index contributed by atoms with van der Waals surface area (Å²) in [5, 5.41) is 0. The Kier molecular flexibility index (Phi) is 6.84. The summed E-state index contributed by atoms with van der Waals surface area (Å²) in [5.74, 6) is -0.197. The van der Waals surface area contributed by atoms with Crippen molar-refractivity contribution in [2.75, 3.05) is 30.7 Å². The van der Waals surface area contributed by atoms with E-state index in [1.165, 1.54) is 4.31 Å². The summed E-state index contributed by atoms with van der Waals surface area (Å²) in [7, 11) is -1.85. The first-order valence-corrected chi connectivity index (χ1v) is 10.1. The molecule has 1 rings (SSSR count). The zero-order valence-electron chi connectivity index (χ0n) is 15.7. The van der Waals surface area contributed by atoms with E-state index in [1.54, 1.807) is 24.1 Å². The van der Waals surface area contributed by atoms with Crippen LogP contribution in [-0.4, -0.2) is 45.6 Å². The molecule has 0 unspecified atom stereocenters. The number of benzene rings is 1. The molecular formula is C18H30N2O3S. The Labute approximate surface area is 146 Å².